The van der Waals surface area contributed by atoms with Crippen LogP contribution in [0.4, 0.5) is 0 Å². The molecule has 0 aromatic rings. The SMILES string of the molecule is COC(=O)C1CCCCN1B(C)O. The number of nitrogens with zero attached hydrogens (tertiary/aromatic N) is 1. The molecule has 1 aliphatic rings. The van der Waals surface area contributed by atoms with Crippen molar-refractivity contribution in [3.63, 3.8) is 0 Å². The summed E-state index contributed by atoms with van der Waals surface area (Å²) in [5, 5.41) is 9.41. The fourth-order valence-corrected chi connectivity index (χ4v) is 1.79. The number of rotatable bonds is 2. The summed E-state index contributed by atoms with van der Waals surface area (Å²) < 4.78 is 4.68. The average molecular weight is 185 g/mol. The van der Waals surface area contributed by atoms with Crippen molar-refractivity contribution >= 4 is 13.0 Å². The van der Waals surface area contributed by atoms with Gasteiger partial charge >= 0.3 is 13.0 Å². The molecule has 4 nitrogen and oxygen atoms in total. The maximum atomic E-state index is 11.3. The molecule has 1 unspecified atom stereocenters. The van der Waals surface area contributed by atoms with Gasteiger partial charge in [0.1, 0.15) is 6.04 Å². The molecule has 1 aliphatic heterocycles. The fraction of sp³-hybridized carbons (Fsp3) is 0.875. The quantitative estimate of drug-likeness (QED) is 0.490. The summed E-state index contributed by atoms with van der Waals surface area (Å²) in [6, 6.07) is -0.251. The number of ether oxygens (including phenoxy) is 1. The molecule has 0 aliphatic carbocycles. The van der Waals surface area contributed by atoms with E-state index in [0.29, 0.717) is 0 Å². The monoisotopic (exact) mass is 185 g/mol. The van der Waals surface area contributed by atoms with E-state index in [-0.39, 0.29) is 12.0 Å². The van der Waals surface area contributed by atoms with Crippen molar-refractivity contribution < 1.29 is 14.6 Å². The lowest BCUT2D eigenvalue weighted by Crippen LogP contribution is -2.51. The first-order chi connectivity index (χ1) is 6.16. The van der Waals surface area contributed by atoms with Gasteiger partial charge in [-0.2, -0.15) is 0 Å². The molecule has 13 heavy (non-hydrogen) atoms. The molecule has 1 atom stereocenters. The highest BCUT2D eigenvalue weighted by molar-refractivity contribution is 6.45. The number of carbonyl (C=O) groups is 1. The molecule has 1 fully saturated rings. The van der Waals surface area contributed by atoms with Crippen molar-refractivity contribution in [1.82, 2.24) is 4.81 Å². The summed E-state index contributed by atoms with van der Waals surface area (Å²) in [7, 11) is 0.821. The largest absolute Gasteiger partial charge is 0.468 e. The van der Waals surface area contributed by atoms with E-state index in [1.54, 1.807) is 11.6 Å². The molecule has 1 heterocycles. The van der Waals surface area contributed by atoms with E-state index >= 15 is 0 Å². The Kier molecular flexibility index (Phi) is 3.75. The van der Waals surface area contributed by atoms with Gasteiger partial charge in [0.15, 0.2) is 0 Å². The van der Waals surface area contributed by atoms with E-state index in [9.17, 15) is 9.82 Å². The molecular formula is C8H16BNO3. The molecule has 1 saturated heterocycles. The summed E-state index contributed by atoms with van der Waals surface area (Å²) in [6.07, 6.45) is 2.86. The molecule has 0 aromatic heterocycles. The van der Waals surface area contributed by atoms with Crippen LogP contribution in [-0.2, 0) is 9.53 Å². The molecule has 0 radical (unpaired) electrons. The van der Waals surface area contributed by atoms with Crippen LogP contribution in [0.5, 0.6) is 0 Å². The van der Waals surface area contributed by atoms with Gasteiger partial charge in [-0.1, -0.05) is 6.42 Å². The van der Waals surface area contributed by atoms with Gasteiger partial charge in [0.2, 0.25) is 0 Å². The van der Waals surface area contributed by atoms with Crippen molar-refractivity contribution in [3.05, 3.63) is 0 Å². The van der Waals surface area contributed by atoms with E-state index < -0.39 is 7.05 Å². The van der Waals surface area contributed by atoms with Crippen LogP contribution in [0.3, 0.4) is 0 Å². The molecule has 0 aromatic carbocycles. The van der Waals surface area contributed by atoms with Gasteiger partial charge in [0, 0.05) is 0 Å². The molecule has 0 saturated carbocycles. The molecule has 0 bridgehead atoms. The zero-order chi connectivity index (χ0) is 9.84. The molecule has 74 valence electrons. The summed E-state index contributed by atoms with van der Waals surface area (Å²) >= 11 is 0. The van der Waals surface area contributed by atoms with E-state index in [1.807, 2.05) is 0 Å². The summed E-state index contributed by atoms with van der Waals surface area (Å²) in [4.78, 5) is 13.1. The van der Waals surface area contributed by atoms with Gasteiger partial charge in [0.05, 0.1) is 7.11 Å². The molecule has 1 rings (SSSR count). The maximum Gasteiger partial charge on any atom is 0.377 e. The predicted octanol–water partition coefficient (Wildman–Crippen LogP) is 0.124. The summed E-state index contributed by atoms with van der Waals surface area (Å²) in [6.45, 7) is 2.46. The maximum absolute atomic E-state index is 11.3. The fourth-order valence-electron chi connectivity index (χ4n) is 1.79. The van der Waals surface area contributed by atoms with Crippen molar-refractivity contribution in [2.45, 2.75) is 32.1 Å². The van der Waals surface area contributed by atoms with Crippen molar-refractivity contribution in [1.29, 1.82) is 0 Å². The standard InChI is InChI=1S/C8H16BNO3/c1-9(12)10-6-4-3-5-7(10)8(11)13-2/h7,12H,3-6H2,1-2H3. The first-order valence-corrected chi connectivity index (χ1v) is 4.68. The third-order valence-electron chi connectivity index (χ3n) is 2.50. The van der Waals surface area contributed by atoms with Crippen LogP contribution in [0.15, 0.2) is 0 Å². The Hall–Kier alpha value is -0.545. The van der Waals surface area contributed by atoms with Crippen LogP contribution in [-0.4, -0.2) is 42.6 Å². The van der Waals surface area contributed by atoms with Crippen molar-refractivity contribution in [2.75, 3.05) is 13.7 Å². The second-order valence-corrected chi connectivity index (χ2v) is 3.40. The van der Waals surface area contributed by atoms with Crippen LogP contribution in [0.25, 0.3) is 0 Å². The minimum absolute atomic E-state index is 0.236. The van der Waals surface area contributed by atoms with E-state index in [0.717, 1.165) is 25.8 Å². The molecule has 0 amide bonds. The topological polar surface area (TPSA) is 49.8 Å². The van der Waals surface area contributed by atoms with E-state index in [2.05, 4.69) is 4.74 Å². The second-order valence-electron chi connectivity index (χ2n) is 3.40. The first kappa shape index (κ1) is 10.5. The predicted molar refractivity (Wildman–Crippen MR) is 50.2 cm³/mol. The Morgan fingerprint density at radius 1 is 1.62 bits per heavy atom. The van der Waals surface area contributed by atoms with Gasteiger partial charge < -0.3 is 14.6 Å². The number of hydrogen-bond donors (Lipinski definition) is 1. The minimum Gasteiger partial charge on any atom is -0.468 e. The minimum atomic E-state index is -0.565. The highest BCUT2D eigenvalue weighted by Gasteiger charge is 2.33. The van der Waals surface area contributed by atoms with Crippen molar-refractivity contribution in [3.8, 4) is 0 Å². The lowest BCUT2D eigenvalue weighted by Gasteiger charge is -2.34. The van der Waals surface area contributed by atoms with Crippen LogP contribution >= 0.6 is 0 Å². The zero-order valence-electron chi connectivity index (χ0n) is 8.19. The summed E-state index contributed by atoms with van der Waals surface area (Å²) in [5.41, 5.74) is 0. The number of esters is 1. The second kappa shape index (κ2) is 4.62. The van der Waals surface area contributed by atoms with Gasteiger partial charge in [-0.25, -0.2) is 0 Å². The third-order valence-corrected chi connectivity index (χ3v) is 2.50. The Morgan fingerprint density at radius 3 is 2.85 bits per heavy atom. The highest BCUT2D eigenvalue weighted by atomic mass is 16.5. The Bertz CT molecular complexity index is 186. The van der Waals surface area contributed by atoms with Crippen LogP contribution < -0.4 is 0 Å². The zero-order valence-corrected chi connectivity index (χ0v) is 8.19. The number of piperidine rings is 1. The number of carbonyl (C=O) groups excluding carboxylic acids is 1. The Labute approximate surface area is 79.0 Å². The van der Waals surface area contributed by atoms with Gasteiger partial charge in [-0.3, -0.25) is 4.79 Å². The van der Waals surface area contributed by atoms with E-state index in [1.165, 1.54) is 7.11 Å². The number of methoxy groups -OCH3 is 1. The van der Waals surface area contributed by atoms with Crippen molar-refractivity contribution in [2.24, 2.45) is 0 Å². The van der Waals surface area contributed by atoms with Crippen LogP contribution in [0, 0.1) is 0 Å². The van der Waals surface area contributed by atoms with E-state index in [4.69, 9.17) is 0 Å². The molecule has 0 spiro atoms. The van der Waals surface area contributed by atoms with Gasteiger partial charge in [-0.15, -0.1) is 0 Å². The smallest absolute Gasteiger partial charge is 0.377 e. The molecule has 5 heteroatoms. The lowest BCUT2D eigenvalue weighted by molar-refractivity contribution is -0.146. The lowest BCUT2D eigenvalue weighted by atomic mass is 9.80. The average Bonchev–Trinajstić information content (AvgIpc) is 2.16. The highest BCUT2D eigenvalue weighted by Crippen LogP contribution is 2.18. The summed E-state index contributed by atoms with van der Waals surface area (Å²) in [5.74, 6) is -0.236. The van der Waals surface area contributed by atoms with Gasteiger partial charge in [0.25, 0.3) is 0 Å². The Morgan fingerprint density at radius 2 is 2.31 bits per heavy atom. The first-order valence-electron chi connectivity index (χ1n) is 4.68. The van der Waals surface area contributed by atoms with Gasteiger partial charge in [-0.05, 0) is 26.2 Å². The van der Waals surface area contributed by atoms with Crippen LogP contribution in [0.2, 0.25) is 6.82 Å². The van der Waals surface area contributed by atoms with Crippen LogP contribution in [0.1, 0.15) is 19.3 Å². The molecule has 1 N–H and O–H groups in total. The number of hydrogen-bond acceptors (Lipinski definition) is 4. The molecular weight excluding hydrogens is 169 g/mol. The third kappa shape index (κ3) is 2.45. The Balaban J connectivity index is 2.61. The normalized spacial score (nSPS) is 24.1.